The van der Waals surface area contributed by atoms with Crippen molar-refractivity contribution in [1.29, 1.82) is 0 Å². The predicted octanol–water partition coefficient (Wildman–Crippen LogP) is 3.62. The highest BCUT2D eigenvalue weighted by Gasteiger charge is 2.34. The van der Waals surface area contributed by atoms with Gasteiger partial charge in [-0.2, -0.15) is 0 Å². The molecule has 3 atom stereocenters. The molecular formula is C18H29NO2. The number of hydrogen-bond acceptors (Lipinski definition) is 3. The molecule has 3 nitrogen and oxygen atoms in total. The van der Waals surface area contributed by atoms with Crippen LogP contribution in [0.4, 0.5) is 0 Å². The van der Waals surface area contributed by atoms with E-state index in [4.69, 9.17) is 15.2 Å². The van der Waals surface area contributed by atoms with Gasteiger partial charge in [-0.25, -0.2) is 0 Å². The highest BCUT2D eigenvalue weighted by atomic mass is 16.5. The predicted molar refractivity (Wildman–Crippen MR) is 86.4 cm³/mol. The Kier molecular flexibility index (Phi) is 5.65. The first-order valence-electron chi connectivity index (χ1n) is 8.02. The van der Waals surface area contributed by atoms with Gasteiger partial charge in [-0.3, -0.25) is 0 Å². The Balaban J connectivity index is 1.73. The van der Waals surface area contributed by atoms with E-state index in [2.05, 4.69) is 20.8 Å². The lowest BCUT2D eigenvalue weighted by Crippen LogP contribution is -2.45. The van der Waals surface area contributed by atoms with Gasteiger partial charge in [0.25, 0.3) is 0 Å². The third-order valence-electron chi connectivity index (χ3n) is 4.49. The van der Waals surface area contributed by atoms with Crippen LogP contribution in [0.3, 0.4) is 0 Å². The maximum absolute atomic E-state index is 6.21. The van der Waals surface area contributed by atoms with Crippen LogP contribution in [0, 0.1) is 11.3 Å². The smallest absolute Gasteiger partial charge is 0.119 e. The van der Waals surface area contributed by atoms with E-state index in [1.54, 1.807) is 0 Å². The molecule has 3 heteroatoms. The molecule has 1 aromatic carbocycles. The molecule has 21 heavy (non-hydrogen) atoms. The molecule has 1 aromatic rings. The Morgan fingerprint density at radius 1 is 1.10 bits per heavy atom. The molecule has 1 fully saturated rings. The number of rotatable bonds is 5. The van der Waals surface area contributed by atoms with Gasteiger partial charge >= 0.3 is 0 Å². The minimum atomic E-state index is 0.167. The highest BCUT2D eigenvalue weighted by molar-refractivity contribution is 5.20. The van der Waals surface area contributed by atoms with Crippen LogP contribution < -0.4 is 10.5 Å². The maximum Gasteiger partial charge on any atom is 0.119 e. The Morgan fingerprint density at radius 2 is 1.81 bits per heavy atom. The molecule has 2 rings (SSSR count). The summed E-state index contributed by atoms with van der Waals surface area (Å²) in [6.45, 7) is 8.11. The maximum atomic E-state index is 6.21. The molecule has 0 spiro atoms. The van der Waals surface area contributed by atoms with Crippen molar-refractivity contribution in [1.82, 2.24) is 0 Å². The summed E-state index contributed by atoms with van der Waals surface area (Å²) in [5.41, 5.74) is 6.55. The van der Waals surface area contributed by atoms with E-state index in [9.17, 15) is 0 Å². The van der Waals surface area contributed by atoms with E-state index < -0.39 is 0 Å². The van der Waals surface area contributed by atoms with Gasteiger partial charge in [-0.05, 0) is 42.7 Å². The van der Waals surface area contributed by atoms with Crippen molar-refractivity contribution in [3.8, 4) is 5.75 Å². The van der Waals surface area contributed by atoms with Gasteiger partial charge in [0.2, 0.25) is 0 Å². The zero-order chi connectivity index (χ0) is 15.3. The third-order valence-corrected chi connectivity index (χ3v) is 4.49. The lowest BCUT2D eigenvalue weighted by molar-refractivity contribution is -0.0280. The average molecular weight is 291 g/mol. The van der Waals surface area contributed by atoms with Crippen molar-refractivity contribution in [3.63, 3.8) is 0 Å². The lowest BCUT2D eigenvalue weighted by atomic mass is 9.70. The average Bonchev–Trinajstić information content (AvgIpc) is 2.45. The molecular weight excluding hydrogens is 262 g/mol. The fraction of sp³-hybridized carbons (Fsp3) is 0.667. The summed E-state index contributed by atoms with van der Waals surface area (Å²) >= 11 is 0. The fourth-order valence-corrected chi connectivity index (χ4v) is 3.01. The lowest BCUT2D eigenvalue weighted by Gasteiger charge is -2.40. The van der Waals surface area contributed by atoms with Gasteiger partial charge in [-0.15, -0.1) is 0 Å². The number of benzene rings is 1. The molecule has 0 amide bonds. The summed E-state index contributed by atoms with van der Waals surface area (Å²) in [4.78, 5) is 0. The molecule has 0 aromatic heterocycles. The summed E-state index contributed by atoms with van der Waals surface area (Å²) < 4.78 is 11.7. The molecule has 118 valence electrons. The first-order valence-corrected chi connectivity index (χ1v) is 8.02. The fourth-order valence-electron chi connectivity index (χ4n) is 3.01. The van der Waals surface area contributed by atoms with Gasteiger partial charge in [-0.1, -0.05) is 39.0 Å². The quantitative estimate of drug-likeness (QED) is 0.843. The van der Waals surface area contributed by atoms with Crippen molar-refractivity contribution in [3.05, 3.63) is 30.3 Å². The normalized spacial score (nSPS) is 26.6. The van der Waals surface area contributed by atoms with Crippen LogP contribution in [0.5, 0.6) is 5.75 Å². The summed E-state index contributed by atoms with van der Waals surface area (Å²) in [6.07, 6.45) is 3.51. The van der Waals surface area contributed by atoms with Crippen LogP contribution >= 0.6 is 0 Å². The molecule has 0 bridgehead atoms. The Bertz CT molecular complexity index is 413. The topological polar surface area (TPSA) is 44.5 Å². The van der Waals surface area contributed by atoms with Crippen LogP contribution in [-0.2, 0) is 4.74 Å². The van der Waals surface area contributed by atoms with Crippen LogP contribution in [-0.4, -0.2) is 25.4 Å². The van der Waals surface area contributed by atoms with E-state index in [1.807, 2.05) is 30.3 Å². The number of para-hydroxylation sites is 1. The summed E-state index contributed by atoms with van der Waals surface area (Å²) in [7, 11) is 0. The Hall–Kier alpha value is -1.06. The van der Waals surface area contributed by atoms with Gasteiger partial charge in [0.15, 0.2) is 0 Å². The van der Waals surface area contributed by atoms with Gasteiger partial charge in [0.05, 0.1) is 12.7 Å². The van der Waals surface area contributed by atoms with Crippen molar-refractivity contribution in [2.75, 3.05) is 13.2 Å². The molecule has 0 radical (unpaired) electrons. The molecule has 3 unspecified atom stereocenters. The zero-order valence-corrected chi connectivity index (χ0v) is 13.5. The van der Waals surface area contributed by atoms with Crippen LogP contribution in [0.1, 0.15) is 40.0 Å². The van der Waals surface area contributed by atoms with Crippen molar-refractivity contribution in [2.24, 2.45) is 17.1 Å². The first-order chi connectivity index (χ1) is 9.97. The van der Waals surface area contributed by atoms with E-state index in [1.165, 1.54) is 6.42 Å². The molecule has 2 N–H and O–H groups in total. The molecule has 1 aliphatic rings. The standard InChI is InChI=1S/C18H29NO2/c1-18(2,3)14-9-10-16(19)17(13-14)21-12-11-20-15-7-5-4-6-8-15/h4-8,14,16-17H,9-13,19H2,1-3H3. The first kappa shape index (κ1) is 16.3. The summed E-state index contributed by atoms with van der Waals surface area (Å²) in [5, 5.41) is 0. The summed E-state index contributed by atoms with van der Waals surface area (Å²) in [6, 6.07) is 10.0. The van der Waals surface area contributed by atoms with E-state index in [0.717, 1.165) is 18.6 Å². The zero-order valence-electron chi connectivity index (χ0n) is 13.5. The minimum Gasteiger partial charge on any atom is -0.491 e. The van der Waals surface area contributed by atoms with Crippen LogP contribution in [0.25, 0.3) is 0 Å². The second-order valence-electron chi connectivity index (χ2n) is 7.11. The van der Waals surface area contributed by atoms with Crippen LogP contribution in [0.2, 0.25) is 0 Å². The Labute approximate surface area is 128 Å². The monoisotopic (exact) mass is 291 g/mol. The minimum absolute atomic E-state index is 0.167. The van der Waals surface area contributed by atoms with Gasteiger partial charge in [0.1, 0.15) is 12.4 Å². The van der Waals surface area contributed by atoms with E-state index >= 15 is 0 Å². The van der Waals surface area contributed by atoms with Gasteiger partial charge < -0.3 is 15.2 Å². The van der Waals surface area contributed by atoms with E-state index in [0.29, 0.717) is 24.5 Å². The summed E-state index contributed by atoms with van der Waals surface area (Å²) in [5.74, 6) is 1.58. The molecule has 0 heterocycles. The molecule has 0 aliphatic heterocycles. The van der Waals surface area contributed by atoms with Gasteiger partial charge in [0, 0.05) is 6.04 Å². The van der Waals surface area contributed by atoms with Crippen molar-refractivity contribution >= 4 is 0 Å². The highest BCUT2D eigenvalue weighted by Crippen LogP contribution is 2.38. The van der Waals surface area contributed by atoms with Crippen molar-refractivity contribution < 1.29 is 9.47 Å². The van der Waals surface area contributed by atoms with E-state index in [-0.39, 0.29) is 12.1 Å². The third kappa shape index (κ3) is 5.01. The second kappa shape index (κ2) is 7.28. The second-order valence-corrected chi connectivity index (χ2v) is 7.11. The number of ether oxygens (including phenoxy) is 2. The Morgan fingerprint density at radius 3 is 2.48 bits per heavy atom. The molecule has 1 aliphatic carbocycles. The number of nitrogens with two attached hydrogens (primary N) is 1. The molecule has 1 saturated carbocycles. The van der Waals surface area contributed by atoms with Crippen molar-refractivity contribution in [2.45, 2.75) is 52.2 Å². The number of hydrogen-bond donors (Lipinski definition) is 1. The largest absolute Gasteiger partial charge is 0.491 e. The molecule has 0 saturated heterocycles. The SMILES string of the molecule is CC(C)(C)C1CCC(N)C(OCCOc2ccccc2)C1. The van der Waals surface area contributed by atoms with Crippen LogP contribution in [0.15, 0.2) is 30.3 Å².